The first-order valence-corrected chi connectivity index (χ1v) is 7.41. The van der Waals surface area contributed by atoms with Crippen molar-refractivity contribution in [2.75, 3.05) is 32.2 Å². The van der Waals surface area contributed by atoms with E-state index in [9.17, 15) is 4.79 Å². The molecule has 1 aliphatic rings. The topological polar surface area (TPSA) is 92.4 Å². The molecule has 2 aromatic rings. The molecule has 0 aliphatic carbocycles. The lowest BCUT2D eigenvalue weighted by atomic mass is 10.2. The van der Waals surface area contributed by atoms with Gasteiger partial charge < -0.3 is 19.7 Å². The number of anilines is 1. The van der Waals surface area contributed by atoms with Crippen LogP contribution < -0.4 is 10.1 Å². The predicted molar refractivity (Wildman–Crippen MR) is 83.7 cm³/mol. The number of nitrogens with zero attached hydrogens (tertiary/aromatic N) is 3. The first-order valence-electron chi connectivity index (χ1n) is 7.03. The predicted octanol–water partition coefficient (Wildman–Crippen LogP) is 2.07. The van der Waals surface area contributed by atoms with Crippen molar-refractivity contribution in [3.8, 4) is 5.75 Å². The largest absolute Gasteiger partial charge is 0.497 e. The molecule has 0 spiro atoms. The zero-order valence-electron chi connectivity index (χ0n) is 12.5. The van der Waals surface area contributed by atoms with E-state index in [0.717, 1.165) is 0 Å². The van der Waals surface area contributed by atoms with Crippen molar-refractivity contribution in [3.63, 3.8) is 0 Å². The van der Waals surface area contributed by atoms with Crippen LogP contribution in [0, 0.1) is 0 Å². The molecule has 9 heteroatoms. The van der Waals surface area contributed by atoms with E-state index in [1.54, 1.807) is 30.2 Å². The molecule has 2 N–H and O–H groups in total. The maximum absolute atomic E-state index is 12.6. The van der Waals surface area contributed by atoms with Crippen molar-refractivity contribution in [1.29, 1.82) is 0 Å². The van der Waals surface area contributed by atoms with Gasteiger partial charge in [0, 0.05) is 12.6 Å². The van der Waals surface area contributed by atoms with E-state index in [4.69, 9.17) is 21.1 Å². The number of aromatic amines is 1. The minimum absolute atomic E-state index is 0.276. The van der Waals surface area contributed by atoms with Gasteiger partial charge >= 0.3 is 6.03 Å². The number of methoxy groups -OCH3 is 1. The van der Waals surface area contributed by atoms with Crippen LogP contribution in [0.2, 0.25) is 5.02 Å². The summed E-state index contributed by atoms with van der Waals surface area (Å²) in [6, 6.07) is 4.48. The summed E-state index contributed by atoms with van der Waals surface area (Å²) in [5.74, 6) is 1.21. The Morgan fingerprint density at radius 2 is 2.43 bits per heavy atom. The summed E-state index contributed by atoms with van der Waals surface area (Å²) in [7, 11) is 1.56. The number of H-pyrrole nitrogens is 1. The van der Waals surface area contributed by atoms with E-state index in [-0.39, 0.29) is 12.1 Å². The number of aromatic nitrogens is 3. The number of urea groups is 1. The average molecular weight is 338 g/mol. The lowest BCUT2D eigenvalue weighted by Crippen LogP contribution is -2.45. The van der Waals surface area contributed by atoms with Gasteiger partial charge in [0.25, 0.3) is 0 Å². The van der Waals surface area contributed by atoms with Crippen molar-refractivity contribution in [1.82, 2.24) is 20.1 Å². The maximum atomic E-state index is 12.6. The Kier molecular flexibility index (Phi) is 4.63. The monoisotopic (exact) mass is 337 g/mol. The van der Waals surface area contributed by atoms with Gasteiger partial charge in [0.15, 0.2) is 0 Å². The van der Waals surface area contributed by atoms with Gasteiger partial charge in [0.1, 0.15) is 23.9 Å². The van der Waals surface area contributed by atoms with E-state index < -0.39 is 0 Å². The van der Waals surface area contributed by atoms with Crippen LogP contribution in [0.5, 0.6) is 5.75 Å². The number of carbonyl (C=O) groups excluding carboxylic acids is 1. The van der Waals surface area contributed by atoms with Gasteiger partial charge in [-0.1, -0.05) is 11.6 Å². The summed E-state index contributed by atoms with van der Waals surface area (Å²) < 4.78 is 10.5. The van der Waals surface area contributed by atoms with E-state index in [2.05, 4.69) is 20.5 Å². The van der Waals surface area contributed by atoms with Crippen molar-refractivity contribution < 1.29 is 14.3 Å². The highest BCUT2D eigenvalue weighted by atomic mass is 35.5. The second kappa shape index (κ2) is 6.84. The van der Waals surface area contributed by atoms with Crippen molar-refractivity contribution in [3.05, 3.63) is 35.4 Å². The second-order valence-electron chi connectivity index (χ2n) is 4.93. The van der Waals surface area contributed by atoms with E-state index in [1.807, 2.05) is 0 Å². The van der Waals surface area contributed by atoms with E-state index >= 15 is 0 Å². The Balaban J connectivity index is 1.76. The third kappa shape index (κ3) is 3.38. The van der Waals surface area contributed by atoms with Gasteiger partial charge in [-0.3, -0.25) is 5.10 Å². The van der Waals surface area contributed by atoms with Crippen LogP contribution in [0.15, 0.2) is 24.5 Å². The SMILES string of the molecule is COc1ccc(NC(=O)N2CCOCC2c2ncn[nH]2)c(Cl)c1. The number of hydrogen-bond donors (Lipinski definition) is 2. The molecular weight excluding hydrogens is 322 g/mol. The van der Waals surface area contributed by atoms with Crippen LogP contribution in [-0.2, 0) is 4.74 Å². The summed E-state index contributed by atoms with van der Waals surface area (Å²) in [5.41, 5.74) is 0.514. The molecule has 122 valence electrons. The number of morpholine rings is 1. The van der Waals surface area contributed by atoms with Gasteiger partial charge in [-0.25, -0.2) is 9.78 Å². The van der Waals surface area contributed by atoms with Gasteiger partial charge in [0.05, 0.1) is 31.0 Å². The molecule has 1 fully saturated rings. The molecule has 1 aromatic heterocycles. The zero-order valence-corrected chi connectivity index (χ0v) is 13.2. The fourth-order valence-corrected chi connectivity index (χ4v) is 2.58. The summed E-state index contributed by atoms with van der Waals surface area (Å²) in [6.07, 6.45) is 1.40. The highest BCUT2D eigenvalue weighted by Gasteiger charge is 2.31. The van der Waals surface area contributed by atoms with E-state index in [0.29, 0.717) is 42.0 Å². The lowest BCUT2D eigenvalue weighted by Gasteiger charge is -2.34. The molecule has 0 radical (unpaired) electrons. The number of amides is 2. The number of rotatable bonds is 3. The molecule has 8 nitrogen and oxygen atoms in total. The molecule has 0 bridgehead atoms. The number of nitrogens with one attached hydrogen (secondary N) is 2. The molecule has 3 rings (SSSR count). The molecule has 1 saturated heterocycles. The third-order valence-electron chi connectivity index (χ3n) is 3.56. The summed E-state index contributed by atoms with van der Waals surface area (Å²) in [5, 5.41) is 9.81. The fourth-order valence-electron chi connectivity index (χ4n) is 2.36. The normalized spacial score (nSPS) is 17.8. The first-order chi connectivity index (χ1) is 11.2. The molecular formula is C14H16ClN5O3. The lowest BCUT2D eigenvalue weighted by molar-refractivity contribution is 0.0118. The first kappa shape index (κ1) is 15.6. The van der Waals surface area contributed by atoms with Crippen LogP contribution in [0.3, 0.4) is 0 Å². The number of ether oxygens (including phenoxy) is 2. The van der Waals surface area contributed by atoms with Crippen molar-refractivity contribution >= 4 is 23.3 Å². The minimum atomic E-state index is -0.316. The number of hydrogen-bond acceptors (Lipinski definition) is 5. The van der Waals surface area contributed by atoms with E-state index in [1.165, 1.54) is 6.33 Å². The fraction of sp³-hybridized carbons (Fsp3) is 0.357. The Morgan fingerprint density at radius 1 is 1.57 bits per heavy atom. The quantitative estimate of drug-likeness (QED) is 0.894. The number of carbonyl (C=O) groups is 1. The van der Waals surface area contributed by atoms with Crippen LogP contribution in [0.4, 0.5) is 10.5 Å². The molecule has 1 aromatic carbocycles. The zero-order chi connectivity index (χ0) is 16.2. The third-order valence-corrected chi connectivity index (χ3v) is 3.87. The van der Waals surface area contributed by atoms with Gasteiger partial charge in [-0.15, -0.1) is 0 Å². The molecule has 2 heterocycles. The van der Waals surface area contributed by atoms with Gasteiger partial charge in [0.2, 0.25) is 0 Å². The van der Waals surface area contributed by atoms with Crippen LogP contribution in [-0.4, -0.2) is 53.0 Å². The highest BCUT2D eigenvalue weighted by molar-refractivity contribution is 6.33. The number of benzene rings is 1. The van der Waals surface area contributed by atoms with Crippen molar-refractivity contribution in [2.45, 2.75) is 6.04 Å². The molecule has 1 atom stereocenters. The minimum Gasteiger partial charge on any atom is -0.497 e. The van der Waals surface area contributed by atoms with Crippen LogP contribution in [0.1, 0.15) is 11.9 Å². The maximum Gasteiger partial charge on any atom is 0.322 e. The van der Waals surface area contributed by atoms with Crippen molar-refractivity contribution in [2.24, 2.45) is 0 Å². The summed E-state index contributed by atoms with van der Waals surface area (Å²) >= 11 is 6.16. The summed E-state index contributed by atoms with van der Waals surface area (Å²) in [6.45, 7) is 1.28. The standard InChI is InChI=1S/C14H16ClN5O3/c1-22-9-2-3-11(10(15)6-9)18-14(21)20-4-5-23-7-12(20)13-16-8-17-19-13/h2-3,6,8,12H,4-5,7H2,1H3,(H,18,21)(H,16,17,19). The Hall–Kier alpha value is -2.32. The van der Waals surface area contributed by atoms with Gasteiger partial charge in [-0.05, 0) is 12.1 Å². The van der Waals surface area contributed by atoms with Gasteiger partial charge in [-0.2, -0.15) is 5.10 Å². The molecule has 2 amide bonds. The Bertz CT molecular complexity index is 679. The molecule has 1 aliphatic heterocycles. The number of halogens is 1. The van der Waals surface area contributed by atoms with Crippen LogP contribution in [0.25, 0.3) is 0 Å². The highest BCUT2D eigenvalue weighted by Crippen LogP contribution is 2.28. The Labute approximate surface area is 137 Å². The summed E-state index contributed by atoms with van der Waals surface area (Å²) in [4.78, 5) is 18.3. The second-order valence-corrected chi connectivity index (χ2v) is 5.34. The average Bonchev–Trinajstić information content (AvgIpc) is 3.11. The Morgan fingerprint density at radius 3 is 3.13 bits per heavy atom. The van der Waals surface area contributed by atoms with Crippen LogP contribution >= 0.6 is 11.6 Å². The molecule has 0 saturated carbocycles. The smallest absolute Gasteiger partial charge is 0.322 e. The molecule has 23 heavy (non-hydrogen) atoms. The molecule has 1 unspecified atom stereocenters.